The minimum Gasteiger partial charge on any atom is -0.379 e. The van der Waals surface area contributed by atoms with Gasteiger partial charge in [0.1, 0.15) is 5.82 Å². The molecule has 1 unspecified atom stereocenters. The molecule has 2 saturated heterocycles. The molecule has 0 radical (unpaired) electrons. The monoisotopic (exact) mass is 500 g/mol. The fourth-order valence-electron chi connectivity index (χ4n) is 4.28. The fourth-order valence-corrected chi connectivity index (χ4v) is 4.57. The van der Waals surface area contributed by atoms with Gasteiger partial charge in [-0.2, -0.15) is 0 Å². The van der Waals surface area contributed by atoms with Crippen molar-refractivity contribution in [1.82, 2.24) is 14.7 Å². The highest BCUT2D eigenvalue weighted by Gasteiger charge is 2.27. The molecule has 2 fully saturated rings. The first-order chi connectivity index (χ1) is 17.1. The summed E-state index contributed by atoms with van der Waals surface area (Å²) in [5.41, 5.74) is 1.74. The molecule has 2 aromatic rings. The van der Waals surface area contributed by atoms with Gasteiger partial charge >= 0.3 is 0 Å². The molecule has 9 heteroatoms. The molecule has 2 aliphatic rings. The highest BCUT2D eigenvalue weighted by atomic mass is 32.1. The van der Waals surface area contributed by atoms with Crippen LogP contribution in [0.5, 0.6) is 0 Å². The summed E-state index contributed by atoms with van der Waals surface area (Å²) in [6.45, 7) is 6.97. The molecule has 2 aliphatic heterocycles. The maximum Gasteiger partial charge on any atom is 0.227 e. The minimum atomic E-state index is -0.287. The lowest BCUT2D eigenvalue weighted by Gasteiger charge is -2.37. The molecular weight excluding hydrogens is 467 g/mol. The van der Waals surface area contributed by atoms with E-state index in [0.29, 0.717) is 44.3 Å². The normalized spacial score (nSPS) is 18.8. The zero-order valence-electron chi connectivity index (χ0n) is 19.9. The SMILES string of the molecule is O=C(Cc1ccccc1)N(CCN1CCOCC1)CC1CN(C(=S)Nc2ccc(F)cc2)CCO1. The van der Waals surface area contributed by atoms with Gasteiger partial charge in [-0.25, -0.2) is 4.39 Å². The van der Waals surface area contributed by atoms with Gasteiger partial charge in [0.25, 0.3) is 0 Å². The Kier molecular flexibility index (Phi) is 9.42. The number of hydrogen-bond donors (Lipinski definition) is 1. The smallest absolute Gasteiger partial charge is 0.227 e. The maximum atomic E-state index is 13.3. The summed E-state index contributed by atoms with van der Waals surface area (Å²) < 4.78 is 24.7. The van der Waals surface area contributed by atoms with E-state index in [1.54, 1.807) is 12.1 Å². The lowest BCUT2D eigenvalue weighted by atomic mass is 10.1. The number of nitrogens with one attached hydrogen (secondary N) is 1. The second kappa shape index (κ2) is 12.9. The van der Waals surface area contributed by atoms with E-state index in [2.05, 4.69) is 15.1 Å². The van der Waals surface area contributed by atoms with E-state index in [1.165, 1.54) is 12.1 Å². The molecule has 7 nitrogen and oxygen atoms in total. The number of hydrogen-bond acceptors (Lipinski definition) is 5. The van der Waals surface area contributed by atoms with Crippen molar-refractivity contribution in [1.29, 1.82) is 0 Å². The van der Waals surface area contributed by atoms with Gasteiger partial charge in [0.05, 0.1) is 32.3 Å². The molecule has 1 amide bonds. The molecule has 0 aromatic heterocycles. The van der Waals surface area contributed by atoms with Gasteiger partial charge in [-0.1, -0.05) is 30.3 Å². The largest absolute Gasteiger partial charge is 0.379 e. The average Bonchev–Trinajstić information content (AvgIpc) is 2.89. The second-order valence-electron chi connectivity index (χ2n) is 8.83. The summed E-state index contributed by atoms with van der Waals surface area (Å²) in [5.74, 6) is -0.192. The maximum absolute atomic E-state index is 13.3. The van der Waals surface area contributed by atoms with Crippen molar-refractivity contribution < 1.29 is 18.7 Å². The van der Waals surface area contributed by atoms with E-state index in [9.17, 15) is 9.18 Å². The van der Waals surface area contributed by atoms with Crippen molar-refractivity contribution in [3.63, 3.8) is 0 Å². The Morgan fingerprint density at radius 2 is 1.80 bits per heavy atom. The summed E-state index contributed by atoms with van der Waals surface area (Å²) in [4.78, 5) is 19.6. The van der Waals surface area contributed by atoms with Crippen molar-refractivity contribution >= 4 is 28.9 Å². The van der Waals surface area contributed by atoms with E-state index in [0.717, 1.165) is 44.1 Å². The van der Waals surface area contributed by atoms with Crippen LogP contribution in [0.25, 0.3) is 0 Å². The quantitative estimate of drug-likeness (QED) is 0.560. The predicted octanol–water partition coefficient (Wildman–Crippen LogP) is 2.63. The molecule has 0 aliphatic carbocycles. The first-order valence-corrected chi connectivity index (χ1v) is 12.5. The number of thiocarbonyl (C=S) groups is 1. The van der Waals surface area contributed by atoms with Crippen LogP contribution in [0.15, 0.2) is 54.6 Å². The van der Waals surface area contributed by atoms with Crippen LogP contribution < -0.4 is 5.32 Å². The molecule has 4 rings (SSSR count). The molecule has 0 bridgehead atoms. The van der Waals surface area contributed by atoms with Crippen LogP contribution in [0.4, 0.5) is 10.1 Å². The Morgan fingerprint density at radius 3 is 2.54 bits per heavy atom. The number of rotatable bonds is 8. The molecular formula is C26H33FN4O3S. The van der Waals surface area contributed by atoms with Crippen molar-refractivity contribution in [3.8, 4) is 0 Å². The number of halogens is 1. The first-order valence-electron chi connectivity index (χ1n) is 12.1. The van der Waals surface area contributed by atoms with E-state index in [-0.39, 0.29) is 17.8 Å². The van der Waals surface area contributed by atoms with Gasteiger partial charge in [-0.3, -0.25) is 9.69 Å². The molecule has 2 heterocycles. The summed E-state index contributed by atoms with van der Waals surface area (Å²) in [6, 6.07) is 16.0. The first kappa shape index (κ1) is 25.5. The summed E-state index contributed by atoms with van der Waals surface area (Å²) in [5, 5.41) is 3.74. The number of morpholine rings is 2. The number of anilines is 1. The summed E-state index contributed by atoms with van der Waals surface area (Å²) in [7, 11) is 0. The van der Waals surface area contributed by atoms with Crippen molar-refractivity contribution in [2.45, 2.75) is 12.5 Å². The van der Waals surface area contributed by atoms with Crippen molar-refractivity contribution in [2.75, 3.05) is 71.0 Å². The third-order valence-corrected chi connectivity index (χ3v) is 6.65. The highest BCUT2D eigenvalue weighted by molar-refractivity contribution is 7.80. The van der Waals surface area contributed by atoms with Gasteiger partial charge in [0.15, 0.2) is 5.11 Å². The lowest BCUT2D eigenvalue weighted by molar-refractivity contribution is -0.133. The minimum absolute atomic E-state index is 0.0946. The molecule has 35 heavy (non-hydrogen) atoms. The fraction of sp³-hybridized carbons (Fsp3) is 0.462. The van der Waals surface area contributed by atoms with Crippen LogP contribution in [-0.2, 0) is 20.7 Å². The van der Waals surface area contributed by atoms with Crippen molar-refractivity contribution in [3.05, 3.63) is 66.0 Å². The van der Waals surface area contributed by atoms with Crippen LogP contribution >= 0.6 is 12.2 Å². The number of carbonyl (C=O) groups is 1. The van der Waals surface area contributed by atoms with E-state index in [1.807, 2.05) is 35.2 Å². The topological polar surface area (TPSA) is 57.3 Å². The Bertz CT molecular complexity index is 957. The summed E-state index contributed by atoms with van der Waals surface area (Å²) >= 11 is 5.60. The second-order valence-corrected chi connectivity index (χ2v) is 9.22. The Balaban J connectivity index is 1.36. The van der Waals surface area contributed by atoms with Gasteiger partial charge in [-0.05, 0) is 42.0 Å². The third-order valence-electron chi connectivity index (χ3n) is 6.29. The van der Waals surface area contributed by atoms with Gasteiger partial charge in [-0.15, -0.1) is 0 Å². The lowest BCUT2D eigenvalue weighted by Crippen LogP contribution is -2.52. The Labute approximate surface area is 211 Å². The number of nitrogens with zero attached hydrogens (tertiary/aromatic N) is 3. The van der Waals surface area contributed by atoms with Crippen LogP contribution in [0.2, 0.25) is 0 Å². The Hall–Kier alpha value is -2.59. The molecule has 188 valence electrons. The summed E-state index contributed by atoms with van der Waals surface area (Å²) in [6.07, 6.45) is 0.214. The highest BCUT2D eigenvalue weighted by Crippen LogP contribution is 2.14. The number of amides is 1. The standard InChI is InChI=1S/C26H33FN4O3S/c27-22-6-8-23(9-7-22)28-26(35)31-14-17-34-24(20-31)19-30(11-10-29-12-15-33-16-13-29)25(32)18-21-4-2-1-3-5-21/h1-9,24H,10-20H2,(H,28,35). The van der Waals surface area contributed by atoms with Crippen LogP contribution in [0.1, 0.15) is 5.56 Å². The zero-order valence-corrected chi connectivity index (χ0v) is 20.7. The van der Waals surface area contributed by atoms with Crippen LogP contribution in [-0.4, -0.2) is 97.5 Å². The van der Waals surface area contributed by atoms with Crippen LogP contribution in [0.3, 0.4) is 0 Å². The molecule has 1 atom stereocenters. The van der Waals surface area contributed by atoms with Gasteiger partial charge in [0.2, 0.25) is 5.91 Å². The molecule has 1 N–H and O–H groups in total. The van der Waals surface area contributed by atoms with Gasteiger partial charge < -0.3 is 24.6 Å². The van der Waals surface area contributed by atoms with E-state index >= 15 is 0 Å². The van der Waals surface area contributed by atoms with E-state index in [4.69, 9.17) is 21.7 Å². The molecule has 0 spiro atoms. The van der Waals surface area contributed by atoms with E-state index < -0.39 is 0 Å². The number of carbonyl (C=O) groups excluding carboxylic acids is 1. The predicted molar refractivity (Wildman–Crippen MR) is 138 cm³/mol. The average molecular weight is 501 g/mol. The van der Waals surface area contributed by atoms with Gasteiger partial charge in [0, 0.05) is 51.5 Å². The zero-order chi connectivity index (χ0) is 24.5. The number of ether oxygens (including phenoxy) is 2. The van der Waals surface area contributed by atoms with Crippen molar-refractivity contribution in [2.24, 2.45) is 0 Å². The third kappa shape index (κ3) is 7.96. The molecule has 0 saturated carbocycles. The number of benzene rings is 2. The molecule has 2 aromatic carbocycles. The Morgan fingerprint density at radius 1 is 1.06 bits per heavy atom. The van der Waals surface area contributed by atoms with Crippen LogP contribution in [0, 0.1) is 5.82 Å².